The molecule has 1 heterocycles. The zero-order valence-corrected chi connectivity index (χ0v) is 14.4. The van der Waals surface area contributed by atoms with Gasteiger partial charge in [-0.25, -0.2) is 0 Å². The largest absolute Gasteiger partial charge is 0.462 e. The lowest BCUT2D eigenvalue weighted by atomic mass is 10.0. The van der Waals surface area contributed by atoms with Gasteiger partial charge in [-0.05, 0) is 32.4 Å². The number of ether oxygens (including phenoxy) is 1. The molecule has 0 aliphatic rings. The smallest absolute Gasteiger partial charge is 0.293 e. The van der Waals surface area contributed by atoms with Crippen LogP contribution in [0.25, 0.3) is 22.0 Å². The van der Waals surface area contributed by atoms with Crippen LogP contribution in [0.4, 0.5) is 5.69 Å². The molecule has 0 saturated carbocycles. The maximum atomic E-state index is 10.9. The Kier molecular flexibility index (Phi) is 5.54. The molecular formula is C19H20N2O4. The number of non-ortho nitro benzene ring substituents is 1. The Morgan fingerprint density at radius 3 is 2.32 bits per heavy atom. The highest BCUT2D eigenvalue weighted by Gasteiger charge is 2.13. The van der Waals surface area contributed by atoms with Crippen LogP contribution in [0.1, 0.15) is 20.8 Å². The molecule has 25 heavy (non-hydrogen) atoms. The van der Waals surface area contributed by atoms with Gasteiger partial charge in [-0.1, -0.05) is 30.3 Å². The van der Waals surface area contributed by atoms with Crippen LogP contribution in [0, 0.1) is 10.1 Å². The second kappa shape index (κ2) is 7.61. The van der Waals surface area contributed by atoms with Gasteiger partial charge in [0, 0.05) is 29.3 Å². The molecule has 0 atom stereocenters. The number of H-pyrrole nitrogens is 1. The number of benzene rings is 2. The van der Waals surface area contributed by atoms with Crippen LogP contribution < -0.4 is 0 Å². The zero-order valence-electron chi connectivity index (χ0n) is 14.4. The number of nitro benzene ring substituents is 1. The van der Waals surface area contributed by atoms with Crippen molar-refractivity contribution >= 4 is 23.1 Å². The minimum absolute atomic E-state index is 0.112. The van der Waals surface area contributed by atoms with Crippen LogP contribution in [0.3, 0.4) is 0 Å². The molecule has 0 bridgehead atoms. The first-order valence-electron chi connectivity index (χ1n) is 7.74. The number of hydrogen-bond donors (Lipinski definition) is 1. The average Bonchev–Trinajstić information content (AvgIpc) is 3.02. The van der Waals surface area contributed by atoms with Crippen molar-refractivity contribution in [1.82, 2.24) is 4.98 Å². The molecule has 1 N–H and O–H groups in total. The van der Waals surface area contributed by atoms with E-state index in [0.717, 1.165) is 22.0 Å². The van der Waals surface area contributed by atoms with Crippen molar-refractivity contribution in [2.24, 2.45) is 0 Å². The van der Waals surface area contributed by atoms with E-state index < -0.39 is 0 Å². The maximum absolute atomic E-state index is 10.9. The van der Waals surface area contributed by atoms with Gasteiger partial charge in [0.05, 0.1) is 10.4 Å². The zero-order chi connectivity index (χ0) is 18.4. The summed E-state index contributed by atoms with van der Waals surface area (Å²) in [5.74, 6) is 0. The first-order valence-corrected chi connectivity index (χ1v) is 7.74. The Balaban J connectivity index is 0.000000277. The molecule has 1 aromatic heterocycles. The normalized spacial score (nSPS) is 10.7. The third-order valence-electron chi connectivity index (χ3n) is 3.34. The summed E-state index contributed by atoms with van der Waals surface area (Å²) in [4.78, 5) is 23.3. The lowest BCUT2D eigenvalue weighted by molar-refractivity contribution is -0.384. The van der Waals surface area contributed by atoms with E-state index in [4.69, 9.17) is 0 Å². The highest BCUT2D eigenvalue weighted by atomic mass is 16.6. The molecule has 2 aromatic carbocycles. The molecule has 0 saturated heterocycles. The van der Waals surface area contributed by atoms with E-state index in [1.807, 2.05) is 57.2 Å². The quantitative estimate of drug-likeness (QED) is 0.425. The molecule has 0 aliphatic heterocycles. The number of nitrogens with zero attached hydrogens (tertiary/aromatic N) is 1. The van der Waals surface area contributed by atoms with Gasteiger partial charge in [0.1, 0.15) is 5.60 Å². The Bertz CT molecular complexity index is 864. The average molecular weight is 340 g/mol. The summed E-state index contributed by atoms with van der Waals surface area (Å²) in [6.07, 6.45) is 1.79. The molecule has 6 heteroatoms. The Morgan fingerprint density at radius 1 is 1.12 bits per heavy atom. The van der Waals surface area contributed by atoms with E-state index >= 15 is 0 Å². The van der Waals surface area contributed by atoms with E-state index in [-0.39, 0.29) is 16.2 Å². The van der Waals surface area contributed by atoms with Crippen molar-refractivity contribution in [2.45, 2.75) is 26.4 Å². The predicted octanol–water partition coefficient (Wildman–Crippen LogP) is 4.70. The van der Waals surface area contributed by atoms with Crippen LogP contribution in [0.5, 0.6) is 0 Å². The number of hydrogen-bond acceptors (Lipinski definition) is 4. The van der Waals surface area contributed by atoms with E-state index in [1.165, 1.54) is 0 Å². The van der Waals surface area contributed by atoms with Gasteiger partial charge in [0.15, 0.2) is 0 Å². The van der Waals surface area contributed by atoms with Gasteiger partial charge in [0.2, 0.25) is 0 Å². The fraction of sp³-hybridized carbons (Fsp3) is 0.211. The summed E-state index contributed by atoms with van der Waals surface area (Å²) < 4.78 is 4.55. The highest BCUT2D eigenvalue weighted by molar-refractivity contribution is 5.96. The summed E-state index contributed by atoms with van der Waals surface area (Å²) in [6, 6.07) is 14.7. The molecule has 0 spiro atoms. The standard InChI is InChI=1S/C14H10N2O2.C5H10O2/c17-16(18)12-8-11-6-7-15-14(11)13(9-12)10-4-2-1-3-5-10;1-5(2,3)7-4-6/h1-9,15H;4H,1-3H3. The fourth-order valence-corrected chi connectivity index (χ4v) is 2.25. The van der Waals surface area contributed by atoms with Crippen molar-refractivity contribution in [2.75, 3.05) is 0 Å². The summed E-state index contributed by atoms with van der Waals surface area (Å²) >= 11 is 0. The molecule has 0 aliphatic carbocycles. The molecule has 3 aromatic rings. The van der Waals surface area contributed by atoms with Crippen LogP contribution in [-0.2, 0) is 9.53 Å². The van der Waals surface area contributed by atoms with Crippen molar-refractivity contribution in [1.29, 1.82) is 0 Å². The Hall–Kier alpha value is -3.15. The monoisotopic (exact) mass is 340 g/mol. The van der Waals surface area contributed by atoms with E-state index in [0.29, 0.717) is 6.47 Å². The van der Waals surface area contributed by atoms with Gasteiger partial charge in [-0.15, -0.1) is 0 Å². The van der Waals surface area contributed by atoms with Gasteiger partial charge in [0.25, 0.3) is 12.2 Å². The molecule has 0 unspecified atom stereocenters. The highest BCUT2D eigenvalue weighted by Crippen LogP contribution is 2.31. The minimum Gasteiger partial charge on any atom is -0.462 e. The van der Waals surface area contributed by atoms with Gasteiger partial charge in [-0.2, -0.15) is 0 Å². The van der Waals surface area contributed by atoms with E-state index in [1.54, 1.807) is 18.3 Å². The number of carbonyl (C=O) groups excluding carboxylic acids is 1. The number of fused-ring (bicyclic) bond motifs is 1. The Labute approximate surface area is 145 Å². The van der Waals surface area contributed by atoms with Crippen LogP contribution in [0.2, 0.25) is 0 Å². The van der Waals surface area contributed by atoms with Crippen molar-refractivity contribution < 1.29 is 14.5 Å². The van der Waals surface area contributed by atoms with Crippen LogP contribution in [0.15, 0.2) is 54.7 Å². The van der Waals surface area contributed by atoms with Crippen LogP contribution >= 0.6 is 0 Å². The van der Waals surface area contributed by atoms with Gasteiger partial charge < -0.3 is 9.72 Å². The summed E-state index contributed by atoms with van der Waals surface area (Å²) in [6.45, 7) is 5.92. The molecule has 3 rings (SSSR count). The van der Waals surface area contributed by atoms with Crippen LogP contribution in [-0.4, -0.2) is 22.0 Å². The molecular weight excluding hydrogens is 320 g/mol. The summed E-state index contributed by atoms with van der Waals surface area (Å²) in [5.41, 5.74) is 2.54. The van der Waals surface area contributed by atoms with Gasteiger partial charge in [-0.3, -0.25) is 14.9 Å². The number of aromatic nitrogens is 1. The second-order valence-electron chi connectivity index (χ2n) is 6.38. The molecule has 0 fully saturated rings. The Morgan fingerprint density at radius 2 is 1.80 bits per heavy atom. The maximum Gasteiger partial charge on any atom is 0.293 e. The number of rotatable bonds is 3. The number of carbonyl (C=O) groups is 1. The second-order valence-corrected chi connectivity index (χ2v) is 6.38. The number of nitro groups is 1. The molecule has 6 nitrogen and oxygen atoms in total. The van der Waals surface area contributed by atoms with Crippen molar-refractivity contribution in [3.63, 3.8) is 0 Å². The van der Waals surface area contributed by atoms with Gasteiger partial charge >= 0.3 is 0 Å². The SMILES string of the molecule is CC(C)(C)OC=O.O=[N+]([O-])c1cc(-c2ccccc2)c2[nH]ccc2c1. The van der Waals surface area contributed by atoms with E-state index in [2.05, 4.69) is 9.72 Å². The third-order valence-corrected chi connectivity index (χ3v) is 3.34. The third kappa shape index (κ3) is 4.91. The first-order chi connectivity index (χ1) is 11.8. The number of aromatic amines is 1. The van der Waals surface area contributed by atoms with E-state index in [9.17, 15) is 14.9 Å². The predicted molar refractivity (Wildman–Crippen MR) is 97.3 cm³/mol. The summed E-state index contributed by atoms with van der Waals surface area (Å²) in [5, 5.41) is 11.8. The van der Waals surface area contributed by atoms with Crippen molar-refractivity contribution in [3.8, 4) is 11.1 Å². The minimum atomic E-state index is -0.362. The molecule has 0 amide bonds. The molecule has 0 radical (unpaired) electrons. The van der Waals surface area contributed by atoms with Crippen molar-refractivity contribution in [3.05, 3.63) is 64.8 Å². The summed E-state index contributed by atoms with van der Waals surface area (Å²) in [7, 11) is 0. The fourth-order valence-electron chi connectivity index (χ4n) is 2.25. The number of nitrogens with one attached hydrogen (secondary N) is 1. The lowest BCUT2D eigenvalue weighted by Gasteiger charge is -2.14. The lowest BCUT2D eigenvalue weighted by Crippen LogP contribution is -2.17. The first kappa shape index (κ1) is 18.2. The molecule has 130 valence electrons. The topological polar surface area (TPSA) is 85.2 Å².